The molecule has 0 fully saturated rings. The number of carbonyl (C=O) groups excluding carboxylic acids is 2. The minimum Gasteiger partial charge on any atom is -0.496 e. The van der Waals surface area contributed by atoms with Crippen molar-refractivity contribution in [1.29, 1.82) is 0 Å². The number of aromatic nitrogens is 2. The maximum Gasteiger partial charge on any atom is 0.329 e. The van der Waals surface area contributed by atoms with Gasteiger partial charge in [-0.3, -0.25) is 9.59 Å². The first-order chi connectivity index (χ1) is 13.1. The zero-order valence-electron chi connectivity index (χ0n) is 14.5. The summed E-state index contributed by atoms with van der Waals surface area (Å²) >= 11 is 0. The first kappa shape index (κ1) is 17.9. The molecule has 8 nitrogen and oxygen atoms in total. The van der Waals surface area contributed by atoms with Crippen molar-refractivity contribution in [3.63, 3.8) is 0 Å². The van der Waals surface area contributed by atoms with Crippen LogP contribution in [0.25, 0.3) is 16.9 Å². The Balaban J connectivity index is 2.04. The van der Waals surface area contributed by atoms with Crippen molar-refractivity contribution in [1.82, 2.24) is 15.2 Å². The lowest BCUT2D eigenvalue weighted by atomic mass is 10.1. The van der Waals surface area contributed by atoms with Crippen LogP contribution < -0.4 is 15.9 Å². The predicted molar refractivity (Wildman–Crippen MR) is 100 cm³/mol. The SMILES string of the molecule is COc1ccccc1-c1nn(-c2ccccc2)cc1/C=N\NC(=O)C(N)=O. The topological polar surface area (TPSA) is 112 Å². The fraction of sp³-hybridized carbons (Fsp3) is 0.0526. The van der Waals surface area contributed by atoms with Gasteiger partial charge in [0.2, 0.25) is 0 Å². The van der Waals surface area contributed by atoms with Crippen molar-refractivity contribution in [3.05, 3.63) is 66.4 Å². The van der Waals surface area contributed by atoms with Gasteiger partial charge in [-0.05, 0) is 24.3 Å². The minimum atomic E-state index is -1.11. The Morgan fingerprint density at radius 2 is 1.85 bits per heavy atom. The monoisotopic (exact) mass is 363 g/mol. The predicted octanol–water partition coefficient (Wildman–Crippen LogP) is 1.48. The van der Waals surface area contributed by atoms with E-state index < -0.39 is 11.8 Å². The van der Waals surface area contributed by atoms with Crippen LogP contribution >= 0.6 is 0 Å². The Hall–Kier alpha value is -3.94. The third-order valence-electron chi connectivity index (χ3n) is 3.72. The van der Waals surface area contributed by atoms with E-state index >= 15 is 0 Å². The molecule has 0 atom stereocenters. The molecule has 0 spiro atoms. The molecule has 3 aromatic rings. The maximum atomic E-state index is 11.3. The molecular weight excluding hydrogens is 346 g/mol. The van der Waals surface area contributed by atoms with Crippen LogP contribution in [-0.4, -0.2) is 34.9 Å². The second-order valence-electron chi connectivity index (χ2n) is 5.48. The van der Waals surface area contributed by atoms with Crippen LogP contribution in [0.15, 0.2) is 65.9 Å². The Morgan fingerprint density at radius 3 is 2.56 bits per heavy atom. The molecule has 1 aromatic heterocycles. The average Bonchev–Trinajstić information content (AvgIpc) is 3.12. The number of carbonyl (C=O) groups is 2. The molecular formula is C19H17N5O3. The molecule has 0 aliphatic rings. The lowest BCUT2D eigenvalue weighted by Gasteiger charge is -2.06. The normalized spacial score (nSPS) is 10.7. The number of benzene rings is 2. The summed E-state index contributed by atoms with van der Waals surface area (Å²) in [5, 5.41) is 8.43. The van der Waals surface area contributed by atoms with Crippen molar-refractivity contribution < 1.29 is 14.3 Å². The summed E-state index contributed by atoms with van der Waals surface area (Å²) < 4.78 is 7.11. The number of nitrogens with two attached hydrogens (primary N) is 1. The highest BCUT2D eigenvalue weighted by Gasteiger charge is 2.15. The van der Waals surface area contributed by atoms with Crippen LogP contribution in [0, 0.1) is 0 Å². The van der Waals surface area contributed by atoms with Crippen molar-refractivity contribution >= 4 is 18.0 Å². The standard InChI is InChI=1S/C19H17N5O3/c1-27-16-10-6-5-9-15(16)17-13(11-21-22-19(26)18(20)25)12-24(23-17)14-7-3-2-4-8-14/h2-12H,1H3,(H2,20,25)(H,22,26)/b21-11-. The highest BCUT2D eigenvalue weighted by atomic mass is 16.5. The highest BCUT2D eigenvalue weighted by molar-refractivity contribution is 6.34. The van der Waals surface area contributed by atoms with Gasteiger partial charge in [0.1, 0.15) is 11.4 Å². The molecule has 8 heteroatoms. The van der Waals surface area contributed by atoms with Crippen LogP contribution in [-0.2, 0) is 9.59 Å². The van der Waals surface area contributed by atoms with E-state index in [-0.39, 0.29) is 0 Å². The summed E-state index contributed by atoms with van der Waals surface area (Å²) in [6.45, 7) is 0. The molecule has 0 saturated heterocycles. The first-order valence-corrected chi connectivity index (χ1v) is 8.01. The van der Waals surface area contributed by atoms with Gasteiger partial charge in [0, 0.05) is 17.3 Å². The number of methoxy groups -OCH3 is 1. The molecule has 0 saturated carbocycles. The van der Waals surface area contributed by atoms with E-state index in [0.717, 1.165) is 11.3 Å². The Bertz CT molecular complexity index is 996. The van der Waals surface area contributed by atoms with E-state index in [9.17, 15) is 9.59 Å². The number of hydrazone groups is 1. The molecule has 0 radical (unpaired) electrons. The minimum absolute atomic E-state index is 0.605. The lowest BCUT2D eigenvalue weighted by molar-refractivity contribution is -0.137. The Labute approximate surface area is 155 Å². The summed E-state index contributed by atoms with van der Waals surface area (Å²) in [5.41, 5.74) is 9.81. The summed E-state index contributed by atoms with van der Waals surface area (Å²) in [7, 11) is 1.58. The number of para-hydroxylation sites is 2. The fourth-order valence-corrected chi connectivity index (χ4v) is 2.46. The summed E-state index contributed by atoms with van der Waals surface area (Å²) in [6.07, 6.45) is 3.16. The van der Waals surface area contributed by atoms with E-state index in [1.807, 2.05) is 54.6 Å². The molecule has 0 aliphatic carbocycles. The van der Waals surface area contributed by atoms with Crippen LogP contribution in [0.2, 0.25) is 0 Å². The molecule has 2 amide bonds. The van der Waals surface area contributed by atoms with E-state index in [1.165, 1.54) is 6.21 Å². The summed E-state index contributed by atoms with van der Waals surface area (Å²) in [6, 6.07) is 17.0. The highest BCUT2D eigenvalue weighted by Crippen LogP contribution is 2.31. The van der Waals surface area contributed by atoms with E-state index in [1.54, 1.807) is 18.0 Å². The Kier molecular flexibility index (Phi) is 5.27. The number of hydrogen-bond acceptors (Lipinski definition) is 5. The Morgan fingerprint density at radius 1 is 1.15 bits per heavy atom. The zero-order valence-corrected chi connectivity index (χ0v) is 14.5. The van der Waals surface area contributed by atoms with Gasteiger partial charge in [0.25, 0.3) is 0 Å². The number of rotatable bonds is 5. The second kappa shape index (κ2) is 7.96. The molecule has 0 aliphatic heterocycles. The van der Waals surface area contributed by atoms with Crippen LogP contribution in [0.1, 0.15) is 5.56 Å². The number of nitrogens with zero attached hydrogens (tertiary/aromatic N) is 3. The molecule has 0 bridgehead atoms. The molecule has 3 N–H and O–H groups in total. The van der Waals surface area contributed by atoms with Crippen molar-refractivity contribution in [2.24, 2.45) is 10.8 Å². The van der Waals surface area contributed by atoms with Gasteiger partial charge >= 0.3 is 11.8 Å². The summed E-state index contributed by atoms with van der Waals surface area (Å²) in [5.74, 6) is -1.47. The first-order valence-electron chi connectivity index (χ1n) is 8.01. The lowest BCUT2D eigenvalue weighted by Crippen LogP contribution is -2.32. The van der Waals surface area contributed by atoms with Crippen LogP contribution in [0.3, 0.4) is 0 Å². The average molecular weight is 363 g/mol. The van der Waals surface area contributed by atoms with Crippen molar-refractivity contribution in [2.45, 2.75) is 0 Å². The molecule has 0 unspecified atom stereocenters. The quantitative estimate of drug-likeness (QED) is 0.406. The second-order valence-corrected chi connectivity index (χ2v) is 5.48. The van der Waals surface area contributed by atoms with Crippen molar-refractivity contribution in [2.75, 3.05) is 7.11 Å². The zero-order chi connectivity index (χ0) is 19.2. The van der Waals surface area contributed by atoms with Gasteiger partial charge in [-0.25, -0.2) is 10.1 Å². The molecule has 27 heavy (non-hydrogen) atoms. The van der Waals surface area contributed by atoms with Crippen LogP contribution in [0.4, 0.5) is 0 Å². The number of hydrogen-bond donors (Lipinski definition) is 2. The largest absolute Gasteiger partial charge is 0.496 e. The van der Waals surface area contributed by atoms with E-state index in [2.05, 4.69) is 15.6 Å². The van der Waals surface area contributed by atoms with Gasteiger partial charge in [0.15, 0.2) is 0 Å². The van der Waals surface area contributed by atoms with Crippen molar-refractivity contribution in [3.8, 4) is 22.7 Å². The van der Waals surface area contributed by atoms with E-state index in [4.69, 9.17) is 10.5 Å². The molecule has 136 valence electrons. The van der Waals surface area contributed by atoms with Gasteiger partial charge in [-0.1, -0.05) is 30.3 Å². The van der Waals surface area contributed by atoms with Gasteiger partial charge < -0.3 is 10.5 Å². The van der Waals surface area contributed by atoms with Gasteiger partial charge in [-0.2, -0.15) is 10.2 Å². The van der Waals surface area contributed by atoms with Crippen LogP contribution in [0.5, 0.6) is 5.75 Å². The molecule has 3 rings (SSSR count). The third-order valence-corrected chi connectivity index (χ3v) is 3.72. The van der Waals surface area contributed by atoms with Gasteiger partial charge in [0.05, 0.1) is 19.0 Å². The smallest absolute Gasteiger partial charge is 0.329 e. The number of nitrogens with one attached hydrogen (secondary N) is 1. The van der Waals surface area contributed by atoms with Gasteiger partial charge in [-0.15, -0.1) is 0 Å². The number of amides is 2. The maximum absolute atomic E-state index is 11.3. The molecule has 2 aromatic carbocycles. The number of ether oxygens (including phenoxy) is 1. The third kappa shape index (κ3) is 4.01. The van der Waals surface area contributed by atoms with E-state index in [0.29, 0.717) is 17.0 Å². The molecule has 1 heterocycles. The fourth-order valence-electron chi connectivity index (χ4n) is 2.46. The number of primary amides is 1. The summed E-state index contributed by atoms with van der Waals surface area (Å²) in [4.78, 5) is 22.1.